The Kier molecular flexibility index (Phi) is 7.27. The predicted molar refractivity (Wildman–Crippen MR) is 124 cm³/mol. The number of anilines is 1. The number of aryl methyl sites for hydroxylation is 1. The van der Waals surface area contributed by atoms with Gasteiger partial charge in [-0.1, -0.05) is 72.3 Å². The van der Waals surface area contributed by atoms with Crippen molar-refractivity contribution < 1.29 is 17.6 Å². The molecule has 0 spiro atoms. The van der Waals surface area contributed by atoms with Crippen LogP contribution in [0.2, 0.25) is 0 Å². The standard InChI is InChI=1S/C24H26FN3O3S/c1-18-13-15-20(16-14-18)24(19-9-5-4-6-10-19)26-23(29)17-28(32(30,31)27(2)3)22-12-8-7-11-21(22)25/h4-16,24H,17H2,1-3H3,(H,26,29)/t24-/m1/s1. The summed E-state index contributed by atoms with van der Waals surface area (Å²) in [5.74, 6) is -1.29. The highest BCUT2D eigenvalue weighted by atomic mass is 32.2. The molecule has 168 valence electrons. The van der Waals surface area contributed by atoms with Crippen LogP contribution in [0.25, 0.3) is 0 Å². The lowest BCUT2D eigenvalue weighted by Crippen LogP contribution is -2.46. The van der Waals surface area contributed by atoms with Crippen LogP contribution >= 0.6 is 0 Å². The molecule has 3 rings (SSSR count). The van der Waals surface area contributed by atoms with Gasteiger partial charge in [-0.25, -0.2) is 8.70 Å². The minimum Gasteiger partial charge on any atom is -0.344 e. The number of amides is 1. The molecule has 1 N–H and O–H groups in total. The van der Waals surface area contributed by atoms with Crippen molar-refractivity contribution in [1.82, 2.24) is 9.62 Å². The molecular formula is C24H26FN3O3S. The molecule has 1 atom stereocenters. The summed E-state index contributed by atoms with van der Waals surface area (Å²) < 4.78 is 42.0. The third-order valence-electron chi connectivity index (χ3n) is 5.00. The highest BCUT2D eigenvalue weighted by Gasteiger charge is 2.30. The summed E-state index contributed by atoms with van der Waals surface area (Å²) in [7, 11) is -1.45. The Balaban J connectivity index is 1.94. The average Bonchev–Trinajstić information content (AvgIpc) is 2.77. The van der Waals surface area contributed by atoms with Crippen LogP contribution in [0.3, 0.4) is 0 Å². The molecule has 0 aliphatic heterocycles. The van der Waals surface area contributed by atoms with Gasteiger partial charge in [0.1, 0.15) is 12.4 Å². The monoisotopic (exact) mass is 455 g/mol. The van der Waals surface area contributed by atoms with Crippen molar-refractivity contribution in [3.63, 3.8) is 0 Å². The van der Waals surface area contributed by atoms with Gasteiger partial charge in [0.25, 0.3) is 0 Å². The van der Waals surface area contributed by atoms with Crippen LogP contribution in [0.5, 0.6) is 0 Å². The number of nitrogens with zero attached hydrogens (tertiary/aromatic N) is 2. The predicted octanol–water partition coefficient (Wildman–Crippen LogP) is 3.65. The molecule has 0 bridgehead atoms. The molecule has 32 heavy (non-hydrogen) atoms. The van der Waals surface area contributed by atoms with Crippen molar-refractivity contribution >= 4 is 21.8 Å². The molecule has 0 aromatic heterocycles. The second kappa shape index (κ2) is 9.93. The first-order valence-corrected chi connectivity index (χ1v) is 11.5. The summed E-state index contributed by atoms with van der Waals surface area (Å²) in [4.78, 5) is 13.1. The zero-order valence-corrected chi connectivity index (χ0v) is 19.0. The number of para-hydroxylation sites is 1. The number of hydrogen-bond donors (Lipinski definition) is 1. The molecule has 0 heterocycles. The molecule has 1 amide bonds. The van der Waals surface area contributed by atoms with E-state index in [0.717, 1.165) is 31.4 Å². The van der Waals surface area contributed by atoms with E-state index in [-0.39, 0.29) is 5.69 Å². The van der Waals surface area contributed by atoms with Gasteiger partial charge in [-0.2, -0.15) is 12.7 Å². The molecule has 0 saturated carbocycles. The van der Waals surface area contributed by atoms with Crippen LogP contribution in [-0.2, 0) is 15.0 Å². The van der Waals surface area contributed by atoms with Gasteiger partial charge in [0.15, 0.2) is 0 Å². The van der Waals surface area contributed by atoms with Gasteiger partial charge in [0, 0.05) is 14.1 Å². The molecule has 3 aromatic carbocycles. The molecule has 0 saturated heterocycles. The van der Waals surface area contributed by atoms with Crippen LogP contribution in [0.15, 0.2) is 78.9 Å². The van der Waals surface area contributed by atoms with Crippen molar-refractivity contribution in [2.75, 3.05) is 24.9 Å². The maximum Gasteiger partial charge on any atom is 0.304 e. The molecule has 0 aliphatic carbocycles. The zero-order valence-electron chi connectivity index (χ0n) is 18.2. The summed E-state index contributed by atoms with van der Waals surface area (Å²) in [5.41, 5.74) is 2.58. The third-order valence-corrected chi connectivity index (χ3v) is 6.80. The number of benzene rings is 3. The van der Waals surface area contributed by atoms with E-state index >= 15 is 0 Å². The molecule has 3 aromatic rings. The third kappa shape index (κ3) is 5.33. The lowest BCUT2D eigenvalue weighted by molar-refractivity contribution is -0.120. The summed E-state index contributed by atoms with van der Waals surface area (Å²) in [6.07, 6.45) is 0. The second-order valence-corrected chi connectivity index (χ2v) is 9.64. The number of carbonyl (C=O) groups excluding carboxylic acids is 1. The van der Waals surface area contributed by atoms with Crippen molar-refractivity contribution in [1.29, 1.82) is 0 Å². The van der Waals surface area contributed by atoms with Gasteiger partial charge in [-0.05, 0) is 30.2 Å². The molecule has 6 nitrogen and oxygen atoms in total. The number of hydrogen-bond acceptors (Lipinski definition) is 3. The molecule has 0 radical (unpaired) electrons. The highest BCUT2D eigenvalue weighted by molar-refractivity contribution is 7.90. The Hall–Kier alpha value is -3.23. The van der Waals surface area contributed by atoms with Crippen LogP contribution in [0.4, 0.5) is 10.1 Å². The molecule has 0 fully saturated rings. The van der Waals surface area contributed by atoms with E-state index in [1.807, 2.05) is 61.5 Å². The Morgan fingerprint density at radius 2 is 1.47 bits per heavy atom. The summed E-state index contributed by atoms with van der Waals surface area (Å²) in [6, 6.07) is 22.1. The number of carbonyl (C=O) groups is 1. The second-order valence-electron chi connectivity index (χ2n) is 7.57. The van der Waals surface area contributed by atoms with E-state index in [2.05, 4.69) is 5.32 Å². The average molecular weight is 456 g/mol. The Bertz CT molecular complexity index is 1170. The topological polar surface area (TPSA) is 69.7 Å². The maximum atomic E-state index is 14.5. The molecular weight excluding hydrogens is 429 g/mol. The summed E-state index contributed by atoms with van der Waals surface area (Å²) in [6.45, 7) is 1.40. The first-order chi connectivity index (χ1) is 15.2. The van der Waals surface area contributed by atoms with E-state index in [9.17, 15) is 17.6 Å². The van der Waals surface area contributed by atoms with E-state index in [1.54, 1.807) is 0 Å². The normalized spacial score (nSPS) is 12.4. The van der Waals surface area contributed by atoms with Crippen molar-refractivity contribution in [2.45, 2.75) is 13.0 Å². The maximum absolute atomic E-state index is 14.5. The lowest BCUT2D eigenvalue weighted by Gasteiger charge is -2.28. The fraction of sp³-hybridized carbons (Fsp3) is 0.208. The first-order valence-electron chi connectivity index (χ1n) is 10.1. The van der Waals surface area contributed by atoms with Gasteiger partial charge < -0.3 is 5.32 Å². The fourth-order valence-electron chi connectivity index (χ4n) is 3.24. The SMILES string of the molecule is Cc1ccc([C@H](NC(=O)CN(c2ccccc2F)S(=O)(=O)N(C)C)c2ccccc2)cc1. The van der Waals surface area contributed by atoms with Crippen LogP contribution in [0, 0.1) is 12.7 Å². The van der Waals surface area contributed by atoms with Gasteiger partial charge >= 0.3 is 10.2 Å². The van der Waals surface area contributed by atoms with Gasteiger partial charge in [-0.3, -0.25) is 4.79 Å². The Morgan fingerprint density at radius 1 is 0.906 bits per heavy atom. The van der Waals surface area contributed by atoms with E-state index in [1.165, 1.54) is 32.3 Å². The number of halogens is 1. The first kappa shape index (κ1) is 23.4. The van der Waals surface area contributed by atoms with Crippen molar-refractivity contribution in [2.24, 2.45) is 0 Å². The molecule has 8 heteroatoms. The molecule has 0 unspecified atom stereocenters. The van der Waals surface area contributed by atoms with Crippen molar-refractivity contribution in [3.8, 4) is 0 Å². The zero-order chi connectivity index (χ0) is 23.3. The van der Waals surface area contributed by atoms with Crippen LogP contribution in [-0.4, -0.2) is 39.3 Å². The Labute approximate surface area is 188 Å². The van der Waals surface area contributed by atoms with E-state index < -0.39 is 34.5 Å². The summed E-state index contributed by atoms with van der Waals surface area (Å²) >= 11 is 0. The van der Waals surface area contributed by atoms with E-state index in [0.29, 0.717) is 0 Å². The smallest absolute Gasteiger partial charge is 0.304 e. The van der Waals surface area contributed by atoms with Gasteiger partial charge in [0.05, 0.1) is 11.7 Å². The number of rotatable bonds is 8. The van der Waals surface area contributed by atoms with Crippen molar-refractivity contribution in [3.05, 3.63) is 101 Å². The van der Waals surface area contributed by atoms with Crippen LogP contribution in [0.1, 0.15) is 22.7 Å². The fourth-order valence-corrected chi connectivity index (χ4v) is 4.31. The van der Waals surface area contributed by atoms with Gasteiger partial charge in [-0.15, -0.1) is 0 Å². The minimum absolute atomic E-state index is 0.192. The minimum atomic E-state index is -4.11. The number of nitrogens with one attached hydrogen (secondary N) is 1. The van der Waals surface area contributed by atoms with E-state index in [4.69, 9.17) is 0 Å². The lowest BCUT2D eigenvalue weighted by atomic mass is 9.98. The summed E-state index contributed by atoms with van der Waals surface area (Å²) in [5, 5.41) is 2.91. The van der Waals surface area contributed by atoms with Gasteiger partial charge in [0.2, 0.25) is 5.91 Å². The van der Waals surface area contributed by atoms with Crippen LogP contribution < -0.4 is 9.62 Å². The Morgan fingerprint density at radius 3 is 2.06 bits per heavy atom. The quantitative estimate of drug-likeness (QED) is 0.564. The highest BCUT2D eigenvalue weighted by Crippen LogP contribution is 2.25. The molecule has 0 aliphatic rings. The largest absolute Gasteiger partial charge is 0.344 e.